The van der Waals surface area contributed by atoms with Gasteiger partial charge in [0.15, 0.2) is 0 Å². The van der Waals surface area contributed by atoms with Crippen LogP contribution >= 0.6 is 0 Å². The Balaban J connectivity index is 0.000000490. The van der Waals surface area contributed by atoms with Gasteiger partial charge in [-0.2, -0.15) is 0 Å². The Bertz CT molecular complexity index is 90.4. The van der Waals surface area contributed by atoms with Crippen LogP contribution in [0.1, 0.15) is 14.3 Å². The van der Waals surface area contributed by atoms with Gasteiger partial charge < -0.3 is 0 Å². The zero-order valence-electron chi connectivity index (χ0n) is 4.52. The molecule has 0 saturated heterocycles. The fraction of sp³-hybridized carbons (Fsp3) is 1.00. The molecule has 44 valence electrons. The van der Waals surface area contributed by atoms with Crippen molar-refractivity contribution in [2.75, 3.05) is 12.0 Å². The van der Waals surface area contributed by atoms with Gasteiger partial charge in [0.25, 0.3) is 0 Å². The van der Waals surface area contributed by atoms with Crippen LogP contribution in [0.15, 0.2) is 0 Å². The standard InChI is InChI=1S/C5H10OS.H2/c1-7(6)4-5-2-3-5;/h5H,2-4H2,1H3;1H. The van der Waals surface area contributed by atoms with Crippen LogP contribution in [0.4, 0.5) is 0 Å². The van der Waals surface area contributed by atoms with Gasteiger partial charge in [0.2, 0.25) is 0 Å². The molecule has 0 aromatic heterocycles. The van der Waals surface area contributed by atoms with E-state index in [1.165, 1.54) is 12.8 Å². The minimum Gasteiger partial charge on any atom is -0.260 e. The first-order valence-electron chi connectivity index (χ1n) is 2.59. The van der Waals surface area contributed by atoms with Crippen LogP contribution in [0.3, 0.4) is 0 Å². The Morgan fingerprint density at radius 1 is 1.86 bits per heavy atom. The normalized spacial score (nSPS) is 24.7. The summed E-state index contributed by atoms with van der Waals surface area (Å²) in [5, 5.41) is 0. The second-order valence-corrected chi connectivity index (χ2v) is 3.66. The fourth-order valence-electron chi connectivity index (χ4n) is 0.616. The smallest absolute Gasteiger partial charge is 0.0260 e. The predicted molar refractivity (Wildman–Crippen MR) is 33.8 cm³/mol. The van der Waals surface area contributed by atoms with Crippen LogP contribution in [0.2, 0.25) is 0 Å². The van der Waals surface area contributed by atoms with Gasteiger partial charge in [-0.1, -0.05) is 0 Å². The van der Waals surface area contributed by atoms with E-state index in [4.69, 9.17) is 0 Å². The van der Waals surface area contributed by atoms with Gasteiger partial charge in [-0.25, -0.2) is 0 Å². The van der Waals surface area contributed by atoms with Gasteiger partial charge in [-0.05, 0) is 18.8 Å². The number of hydrogen-bond acceptors (Lipinski definition) is 1. The van der Waals surface area contributed by atoms with Gasteiger partial charge in [0.05, 0.1) is 0 Å². The van der Waals surface area contributed by atoms with E-state index in [0.717, 1.165) is 11.7 Å². The molecule has 0 amide bonds. The van der Waals surface area contributed by atoms with Crippen LogP contribution in [-0.2, 0) is 10.8 Å². The molecule has 2 heteroatoms. The third-order valence-electron chi connectivity index (χ3n) is 1.17. The predicted octanol–water partition coefficient (Wildman–Crippen LogP) is 1.02. The van der Waals surface area contributed by atoms with Crippen molar-refractivity contribution in [3.8, 4) is 0 Å². The summed E-state index contributed by atoms with van der Waals surface area (Å²) in [6.45, 7) is 0. The molecule has 1 nitrogen and oxygen atoms in total. The lowest BCUT2D eigenvalue weighted by molar-refractivity contribution is 0.683. The van der Waals surface area contributed by atoms with Gasteiger partial charge in [0, 0.05) is 24.2 Å². The largest absolute Gasteiger partial charge is 0.260 e. The first-order chi connectivity index (χ1) is 3.29. The van der Waals surface area contributed by atoms with E-state index in [1.807, 2.05) is 0 Å². The second kappa shape index (κ2) is 1.95. The first-order valence-corrected chi connectivity index (χ1v) is 4.32. The summed E-state index contributed by atoms with van der Waals surface area (Å²) in [5.41, 5.74) is 0. The van der Waals surface area contributed by atoms with E-state index in [2.05, 4.69) is 0 Å². The maximum Gasteiger partial charge on any atom is 0.0260 e. The number of rotatable bonds is 2. The first kappa shape index (κ1) is 5.29. The molecule has 1 aliphatic rings. The highest BCUT2D eigenvalue weighted by molar-refractivity contribution is 7.84. The maximum atomic E-state index is 10.4. The van der Waals surface area contributed by atoms with Crippen molar-refractivity contribution in [3.63, 3.8) is 0 Å². The highest BCUT2D eigenvalue weighted by Crippen LogP contribution is 2.28. The molecule has 1 rings (SSSR count). The Morgan fingerprint density at radius 2 is 2.43 bits per heavy atom. The third kappa shape index (κ3) is 2.07. The van der Waals surface area contributed by atoms with E-state index in [0.29, 0.717) is 0 Å². The van der Waals surface area contributed by atoms with E-state index in [-0.39, 0.29) is 1.43 Å². The van der Waals surface area contributed by atoms with Crippen LogP contribution < -0.4 is 0 Å². The van der Waals surface area contributed by atoms with E-state index in [9.17, 15) is 4.21 Å². The molecule has 1 aliphatic carbocycles. The molecule has 1 unspecified atom stereocenters. The zero-order valence-corrected chi connectivity index (χ0v) is 5.33. The molecular formula is C5H12OS. The van der Waals surface area contributed by atoms with Gasteiger partial charge in [0.1, 0.15) is 0 Å². The quantitative estimate of drug-likeness (QED) is 0.531. The Hall–Kier alpha value is 0.150. The molecule has 0 spiro atoms. The molecule has 1 saturated carbocycles. The monoisotopic (exact) mass is 120 g/mol. The van der Waals surface area contributed by atoms with E-state index >= 15 is 0 Å². The van der Waals surface area contributed by atoms with Gasteiger partial charge >= 0.3 is 0 Å². The average Bonchev–Trinajstić information content (AvgIpc) is 2.17. The molecular weight excluding hydrogens is 108 g/mol. The van der Waals surface area contributed by atoms with Crippen LogP contribution in [0.5, 0.6) is 0 Å². The van der Waals surface area contributed by atoms with Crippen molar-refractivity contribution in [3.05, 3.63) is 0 Å². The Morgan fingerprint density at radius 3 is 2.57 bits per heavy atom. The minimum atomic E-state index is -0.533. The summed E-state index contributed by atoms with van der Waals surface area (Å²) < 4.78 is 10.4. The second-order valence-electron chi connectivity index (χ2n) is 2.18. The molecule has 0 bridgehead atoms. The third-order valence-corrected chi connectivity index (χ3v) is 2.11. The highest BCUT2D eigenvalue weighted by atomic mass is 32.2. The lowest BCUT2D eigenvalue weighted by atomic mass is 10.5. The minimum absolute atomic E-state index is 0. The summed E-state index contributed by atoms with van der Waals surface area (Å²) in [7, 11) is -0.533. The Labute approximate surface area is 48.1 Å². The molecule has 0 heterocycles. The molecule has 1 atom stereocenters. The van der Waals surface area contributed by atoms with Gasteiger partial charge in [-0.15, -0.1) is 0 Å². The highest BCUT2D eigenvalue weighted by Gasteiger charge is 2.21. The maximum absolute atomic E-state index is 10.4. The summed E-state index contributed by atoms with van der Waals surface area (Å²) >= 11 is 0. The SMILES string of the molecule is CS(=O)CC1CC1.[HH]. The van der Waals surface area contributed by atoms with Crippen LogP contribution in [0, 0.1) is 5.92 Å². The molecule has 0 aliphatic heterocycles. The van der Waals surface area contributed by atoms with E-state index in [1.54, 1.807) is 6.26 Å². The molecule has 7 heavy (non-hydrogen) atoms. The lowest BCUT2D eigenvalue weighted by Crippen LogP contribution is -1.94. The molecule has 0 aromatic rings. The van der Waals surface area contributed by atoms with Crippen molar-refractivity contribution < 1.29 is 5.64 Å². The van der Waals surface area contributed by atoms with Crippen molar-refractivity contribution >= 4 is 10.8 Å². The summed E-state index contributed by atoms with van der Waals surface area (Å²) in [6, 6.07) is 0. The van der Waals surface area contributed by atoms with E-state index < -0.39 is 10.8 Å². The van der Waals surface area contributed by atoms with Crippen molar-refractivity contribution in [2.24, 2.45) is 5.92 Å². The zero-order chi connectivity index (χ0) is 5.28. The summed E-state index contributed by atoms with van der Waals surface area (Å²) in [5.74, 6) is 1.77. The van der Waals surface area contributed by atoms with Crippen molar-refractivity contribution in [2.45, 2.75) is 12.8 Å². The molecule has 1 fully saturated rings. The average molecular weight is 120 g/mol. The topological polar surface area (TPSA) is 17.1 Å². The molecule has 0 radical (unpaired) electrons. The van der Waals surface area contributed by atoms with Crippen LogP contribution in [0.25, 0.3) is 0 Å². The Kier molecular flexibility index (Phi) is 1.47. The number of hydrogen-bond donors (Lipinski definition) is 0. The van der Waals surface area contributed by atoms with Crippen molar-refractivity contribution in [1.82, 2.24) is 0 Å². The molecule has 0 N–H and O–H groups in total. The summed E-state index contributed by atoms with van der Waals surface area (Å²) in [6.07, 6.45) is 4.41. The fourth-order valence-corrected chi connectivity index (χ4v) is 1.61. The lowest BCUT2D eigenvalue weighted by Gasteiger charge is -1.85. The van der Waals surface area contributed by atoms with Gasteiger partial charge in [-0.3, -0.25) is 4.21 Å². The van der Waals surface area contributed by atoms with Crippen molar-refractivity contribution in [1.29, 1.82) is 0 Å². The molecule has 0 aromatic carbocycles. The summed E-state index contributed by atoms with van der Waals surface area (Å²) in [4.78, 5) is 0. The van der Waals surface area contributed by atoms with Crippen LogP contribution in [-0.4, -0.2) is 16.2 Å².